The molecule has 0 saturated heterocycles. The first-order valence-corrected chi connectivity index (χ1v) is 8.55. The predicted octanol–water partition coefficient (Wildman–Crippen LogP) is 3.41. The molecule has 24 heavy (non-hydrogen) atoms. The van der Waals surface area contributed by atoms with Gasteiger partial charge in [0.15, 0.2) is 0 Å². The van der Waals surface area contributed by atoms with E-state index in [4.69, 9.17) is 9.72 Å². The molecule has 0 fully saturated rings. The summed E-state index contributed by atoms with van der Waals surface area (Å²) >= 11 is 0. The second-order valence-electron chi connectivity index (χ2n) is 6.80. The lowest BCUT2D eigenvalue weighted by Crippen LogP contribution is -2.47. The zero-order valence-corrected chi connectivity index (χ0v) is 15.0. The Bertz CT molecular complexity index is 730. The van der Waals surface area contributed by atoms with Crippen LogP contribution in [-0.4, -0.2) is 28.8 Å². The van der Waals surface area contributed by atoms with Gasteiger partial charge in [0.05, 0.1) is 17.8 Å². The molecule has 2 aromatic rings. The van der Waals surface area contributed by atoms with Gasteiger partial charge in [0, 0.05) is 18.5 Å². The van der Waals surface area contributed by atoms with Gasteiger partial charge in [-0.2, -0.15) is 0 Å². The van der Waals surface area contributed by atoms with Gasteiger partial charge in [0.1, 0.15) is 18.2 Å². The maximum Gasteiger partial charge on any atom is 0.144 e. The van der Waals surface area contributed by atoms with Gasteiger partial charge in [-0.3, -0.25) is 0 Å². The number of anilines is 1. The van der Waals surface area contributed by atoms with E-state index in [9.17, 15) is 5.11 Å². The molecule has 0 radical (unpaired) electrons. The molecular weight excluding hydrogens is 300 g/mol. The molecule has 2 heterocycles. The minimum absolute atomic E-state index is 0.121. The number of aliphatic hydroxyl groups excluding tert-OH is 1. The van der Waals surface area contributed by atoms with E-state index in [1.54, 1.807) is 0 Å². The molecule has 4 heteroatoms. The van der Waals surface area contributed by atoms with Crippen molar-refractivity contribution in [1.29, 1.82) is 0 Å². The molecule has 1 aromatic heterocycles. The zero-order valence-electron chi connectivity index (χ0n) is 15.0. The van der Waals surface area contributed by atoms with Crippen LogP contribution in [0.3, 0.4) is 0 Å². The van der Waals surface area contributed by atoms with Gasteiger partial charge in [0.2, 0.25) is 0 Å². The molecule has 0 saturated carbocycles. The van der Waals surface area contributed by atoms with E-state index in [0.29, 0.717) is 6.61 Å². The van der Waals surface area contributed by atoms with Crippen molar-refractivity contribution < 1.29 is 9.84 Å². The van der Waals surface area contributed by atoms with Crippen molar-refractivity contribution in [2.45, 2.75) is 46.3 Å². The standard InChI is InChI=1S/C20H26N2O2/c1-5-22-19-17(11-20(22,4)13-23)14(2)18(15(3)21-19)24-12-16-9-7-6-8-10-16/h6-10,23H,5,11-13H2,1-4H3. The van der Waals surface area contributed by atoms with Crippen LogP contribution < -0.4 is 9.64 Å². The lowest BCUT2D eigenvalue weighted by Gasteiger charge is -2.34. The molecule has 0 spiro atoms. The number of likely N-dealkylation sites (N-methyl/N-ethyl adjacent to an activating group) is 1. The van der Waals surface area contributed by atoms with Crippen LogP contribution in [0, 0.1) is 13.8 Å². The van der Waals surface area contributed by atoms with E-state index in [2.05, 4.69) is 37.8 Å². The number of aromatic nitrogens is 1. The second kappa shape index (κ2) is 6.44. The van der Waals surface area contributed by atoms with Crippen molar-refractivity contribution in [1.82, 2.24) is 4.98 Å². The number of benzene rings is 1. The minimum Gasteiger partial charge on any atom is -0.487 e. The highest BCUT2D eigenvalue weighted by molar-refractivity contribution is 5.63. The Morgan fingerprint density at radius 3 is 2.58 bits per heavy atom. The lowest BCUT2D eigenvalue weighted by atomic mass is 9.95. The van der Waals surface area contributed by atoms with Gasteiger partial charge in [-0.15, -0.1) is 0 Å². The Morgan fingerprint density at radius 2 is 1.96 bits per heavy atom. The Morgan fingerprint density at radius 1 is 1.25 bits per heavy atom. The number of aliphatic hydroxyl groups is 1. The van der Waals surface area contributed by atoms with E-state index >= 15 is 0 Å². The zero-order chi connectivity index (χ0) is 17.3. The summed E-state index contributed by atoms with van der Waals surface area (Å²) < 4.78 is 6.11. The normalized spacial score (nSPS) is 19.5. The SMILES string of the molecule is CCN1c2nc(C)c(OCc3ccccc3)c(C)c2CC1(C)CO. The average Bonchev–Trinajstić information content (AvgIpc) is 2.88. The number of pyridine rings is 1. The number of nitrogens with zero attached hydrogens (tertiary/aromatic N) is 2. The van der Waals surface area contributed by atoms with E-state index < -0.39 is 0 Å². The van der Waals surface area contributed by atoms with Crippen LogP contribution in [-0.2, 0) is 13.0 Å². The molecule has 3 rings (SSSR count). The number of hydrogen-bond donors (Lipinski definition) is 1. The highest BCUT2D eigenvalue weighted by Gasteiger charge is 2.41. The molecule has 1 aliphatic heterocycles. The van der Waals surface area contributed by atoms with Crippen LogP contribution in [0.25, 0.3) is 0 Å². The lowest BCUT2D eigenvalue weighted by molar-refractivity contribution is 0.206. The van der Waals surface area contributed by atoms with Crippen molar-refractivity contribution in [3.05, 3.63) is 52.7 Å². The van der Waals surface area contributed by atoms with Crippen molar-refractivity contribution >= 4 is 5.82 Å². The van der Waals surface area contributed by atoms with Crippen LogP contribution in [0.1, 0.15) is 36.2 Å². The van der Waals surface area contributed by atoms with Crippen LogP contribution in [0.15, 0.2) is 30.3 Å². The highest BCUT2D eigenvalue weighted by Crippen LogP contribution is 2.42. The first-order chi connectivity index (χ1) is 11.5. The number of fused-ring (bicyclic) bond motifs is 1. The van der Waals surface area contributed by atoms with Crippen molar-refractivity contribution in [3.63, 3.8) is 0 Å². The number of ether oxygens (including phenoxy) is 1. The van der Waals surface area contributed by atoms with Gasteiger partial charge >= 0.3 is 0 Å². The third kappa shape index (κ3) is 2.75. The Labute approximate surface area is 144 Å². The fraction of sp³-hybridized carbons (Fsp3) is 0.450. The number of aryl methyl sites for hydroxylation is 1. The molecule has 0 bridgehead atoms. The van der Waals surface area contributed by atoms with Crippen molar-refractivity contribution in [3.8, 4) is 5.75 Å². The topological polar surface area (TPSA) is 45.6 Å². The minimum atomic E-state index is -0.278. The van der Waals surface area contributed by atoms with Gasteiger partial charge in [-0.1, -0.05) is 30.3 Å². The highest BCUT2D eigenvalue weighted by atomic mass is 16.5. The Balaban J connectivity index is 1.93. The molecule has 1 atom stereocenters. The third-order valence-corrected chi connectivity index (χ3v) is 5.01. The van der Waals surface area contributed by atoms with Crippen LogP contribution in [0.4, 0.5) is 5.82 Å². The first-order valence-electron chi connectivity index (χ1n) is 8.55. The fourth-order valence-electron chi connectivity index (χ4n) is 3.64. The van der Waals surface area contributed by atoms with E-state index in [-0.39, 0.29) is 12.1 Å². The summed E-state index contributed by atoms with van der Waals surface area (Å²) in [5.41, 5.74) is 4.11. The van der Waals surface area contributed by atoms with Gasteiger partial charge in [-0.05, 0) is 38.8 Å². The summed E-state index contributed by atoms with van der Waals surface area (Å²) in [6.07, 6.45) is 0.799. The van der Waals surface area contributed by atoms with Crippen molar-refractivity contribution in [2.24, 2.45) is 0 Å². The summed E-state index contributed by atoms with van der Waals surface area (Å²) in [6.45, 7) is 9.79. The average molecular weight is 326 g/mol. The molecule has 1 N–H and O–H groups in total. The predicted molar refractivity (Wildman–Crippen MR) is 96.7 cm³/mol. The summed E-state index contributed by atoms with van der Waals surface area (Å²) in [5.74, 6) is 1.87. The Hall–Kier alpha value is -2.07. The first kappa shape index (κ1) is 16.8. The second-order valence-corrected chi connectivity index (χ2v) is 6.80. The molecule has 1 aromatic carbocycles. The summed E-state index contributed by atoms with van der Waals surface area (Å²) in [4.78, 5) is 7.02. The maximum absolute atomic E-state index is 9.88. The summed E-state index contributed by atoms with van der Waals surface area (Å²) in [7, 11) is 0. The van der Waals surface area contributed by atoms with Crippen molar-refractivity contribution in [2.75, 3.05) is 18.1 Å². The number of rotatable bonds is 5. The monoisotopic (exact) mass is 326 g/mol. The van der Waals surface area contributed by atoms with Gasteiger partial charge < -0.3 is 14.7 Å². The Kier molecular flexibility index (Phi) is 4.50. The van der Waals surface area contributed by atoms with E-state index in [1.807, 2.05) is 25.1 Å². The number of hydrogen-bond acceptors (Lipinski definition) is 4. The molecule has 1 unspecified atom stereocenters. The van der Waals surface area contributed by atoms with Crippen LogP contribution in [0.2, 0.25) is 0 Å². The molecule has 0 amide bonds. The smallest absolute Gasteiger partial charge is 0.144 e. The molecule has 1 aliphatic rings. The quantitative estimate of drug-likeness (QED) is 0.914. The molecule has 4 nitrogen and oxygen atoms in total. The van der Waals surface area contributed by atoms with E-state index in [0.717, 1.165) is 41.4 Å². The molecular formula is C20H26N2O2. The summed E-state index contributed by atoms with van der Waals surface area (Å²) in [6, 6.07) is 10.2. The van der Waals surface area contributed by atoms with E-state index in [1.165, 1.54) is 5.56 Å². The van der Waals surface area contributed by atoms with Crippen LogP contribution in [0.5, 0.6) is 5.75 Å². The van der Waals surface area contributed by atoms with Gasteiger partial charge in [-0.25, -0.2) is 4.98 Å². The largest absolute Gasteiger partial charge is 0.487 e. The molecule has 0 aliphatic carbocycles. The van der Waals surface area contributed by atoms with Crippen LogP contribution >= 0.6 is 0 Å². The third-order valence-electron chi connectivity index (χ3n) is 5.01. The maximum atomic E-state index is 9.88. The van der Waals surface area contributed by atoms with Gasteiger partial charge in [0.25, 0.3) is 0 Å². The molecule has 128 valence electrons. The summed E-state index contributed by atoms with van der Waals surface area (Å²) in [5, 5.41) is 9.88. The fourth-order valence-corrected chi connectivity index (χ4v) is 3.64.